The number of piperidine rings is 1. The SMILES string of the molecule is CCOC(=O)[C@H]1CN(CC2=Cc3ccccc32)CC[C@@H]1OS(C)(=O)=O.Cl. The number of ether oxygens (including phenoxy) is 1. The van der Waals surface area contributed by atoms with Crippen molar-refractivity contribution in [3.8, 4) is 0 Å². The van der Waals surface area contributed by atoms with Crippen molar-refractivity contribution in [1.29, 1.82) is 0 Å². The Bertz CT molecular complexity index is 793. The van der Waals surface area contributed by atoms with Crippen molar-refractivity contribution in [2.24, 2.45) is 5.92 Å². The van der Waals surface area contributed by atoms with Gasteiger partial charge in [-0.1, -0.05) is 24.3 Å². The minimum Gasteiger partial charge on any atom is -0.466 e. The van der Waals surface area contributed by atoms with Gasteiger partial charge in [-0.3, -0.25) is 13.9 Å². The van der Waals surface area contributed by atoms with Crippen molar-refractivity contribution in [2.45, 2.75) is 19.4 Å². The van der Waals surface area contributed by atoms with Crippen LogP contribution in [-0.2, 0) is 23.8 Å². The van der Waals surface area contributed by atoms with E-state index in [0.717, 1.165) is 12.8 Å². The Balaban J connectivity index is 0.00000243. The van der Waals surface area contributed by atoms with Gasteiger partial charge in [0.1, 0.15) is 0 Å². The number of fused-ring (bicyclic) bond motifs is 1. The number of carbonyl (C=O) groups is 1. The lowest BCUT2D eigenvalue weighted by molar-refractivity contribution is -0.154. The first-order valence-corrected chi connectivity index (χ1v) is 10.3. The first-order valence-electron chi connectivity index (χ1n) is 8.44. The molecule has 0 unspecified atom stereocenters. The van der Waals surface area contributed by atoms with Gasteiger partial charge in [-0.15, -0.1) is 12.4 Å². The molecule has 0 N–H and O–H groups in total. The van der Waals surface area contributed by atoms with Crippen molar-refractivity contribution in [3.05, 3.63) is 35.4 Å². The summed E-state index contributed by atoms with van der Waals surface area (Å²) in [4.78, 5) is 14.4. The van der Waals surface area contributed by atoms with Crippen molar-refractivity contribution in [1.82, 2.24) is 4.90 Å². The molecule has 1 aliphatic carbocycles. The van der Waals surface area contributed by atoms with Crippen molar-refractivity contribution >= 4 is 40.1 Å². The Morgan fingerprint density at radius 2 is 2.04 bits per heavy atom. The van der Waals surface area contributed by atoms with Gasteiger partial charge in [0, 0.05) is 19.6 Å². The molecule has 0 radical (unpaired) electrons. The zero-order valence-electron chi connectivity index (χ0n) is 14.9. The number of rotatable bonds is 6. The Labute approximate surface area is 160 Å². The van der Waals surface area contributed by atoms with E-state index in [0.29, 0.717) is 19.5 Å². The number of nitrogens with zero attached hydrogens (tertiary/aromatic N) is 1. The quantitative estimate of drug-likeness (QED) is 0.537. The van der Waals surface area contributed by atoms with Crippen LogP contribution in [0.1, 0.15) is 24.5 Å². The van der Waals surface area contributed by atoms with Crippen molar-refractivity contribution in [2.75, 3.05) is 32.5 Å². The van der Waals surface area contributed by atoms with E-state index < -0.39 is 28.1 Å². The Kier molecular flexibility index (Phi) is 6.85. The lowest BCUT2D eigenvalue weighted by Gasteiger charge is -2.37. The second-order valence-corrected chi connectivity index (χ2v) is 8.08. The molecule has 2 aliphatic rings. The van der Waals surface area contributed by atoms with Crippen molar-refractivity contribution < 1.29 is 22.1 Å². The van der Waals surface area contributed by atoms with Gasteiger partial charge in [0.05, 0.1) is 24.9 Å². The van der Waals surface area contributed by atoms with Crippen LogP contribution in [0.15, 0.2) is 24.3 Å². The largest absolute Gasteiger partial charge is 0.466 e. The van der Waals surface area contributed by atoms with E-state index in [-0.39, 0.29) is 19.0 Å². The highest BCUT2D eigenvalue weighted by Gasteiger charge is 2.38. The molecular weight excluding hydrogens is 378 g/mol. The summed E-state index contributed by atoms with van der Waals surface area (Å²) in [6.07, 6.45) is 2.98. The molecule has 0 saturated carbocycles. The fraction of sp³-hybridized carbons (Fsp3) is 0.500. The van der Waals surface area contributed by atoms with Gasteiger partial charge in [0.15, 0.2) is 0 Å². The molecule has 0 bridgehead atoms. The van der Waals surface area contributed by atoms with Crippen LogP contribution in [0, 0.1) is 5.92 Å². The molecule has 1 heterocycles. The normalized spacial score (nSPS) is 22.5. The number of esters is 1. The summed E-state index contributed by atoms with van der Waals surface area (Å²) in [6.45, 7) is 3.84. The second kappa shape index (κ2) is 8.52. The number of hydrogen-bond acceptors (Lipinski definition) is 6. The molecular formula is C18H24ClNO5S. The summed E-state index contributed by atoms with van der Waals surface area (Å²) in [7, 11) is -3.62. The molecule has 26 heavy (non-hydrogen) atoms. The molecule has 1 aromatic carbocycles. The van der Waals surface area contributed by atoms with Crippen LogP contribution < -0.4 is 0 Å². The van der Waals surface area contributed by atoms with E-state index in [2.05, 4.69) is 23.1 Å². The standard InChI is InChI=1S/C18H23NO5S.ClH/c1-3-23-18(20)16-12-19(9-8-17(16)24-25(2,21)22)11-14-10-13-6-4-5-7-15(13)14;/h4-7,10,16-17H,3,8-9,11-12H2,1-2H3;1H/t16-,17-;/m0./s1. The fourth-order valence-corrected chi connectivity index (χ4v) is 4.11. The van der Waals surface area contributed by atoms with Gasteiger partial charge in [-0.25, -0.2) is 0 Å². The van der Waals surface area contributed by atoms with Crippen LogP contribution in [0.25, 0.3) is 11.6 Å². The molecule has 8 heteroatoms. The van der Waals surface area contributed by atoms with E-state index >= 15 is 0 Å². The molecule has 144 valence electrons. The lowest BCUT2D eigenvalue weighted by atomic mass is 9.87. The molecule has 1 fully saturated rings. The van der Waals surface area contributed by atoms with Crippen LogP contribution in [0.5, 0.6) is 0 Å². The van der Waals surface area contributed by atoms with Gasteiger partial charge >= 0.3 is 5.97 Å². The third-order valence-electron chi connectivity index (χ3n) is 4.55. The maximum Gasteiger partial charge on any atom is 0.312 e. The summed E-state index contributed by atoms with van der Waals surface area (Å²) in [5.41, 5.74) is 3.71. The van der Waals surface area contributed by atoms with E-state index in [4.69, 9.17) is 8.92 Å². The molecule has 0 aromatic heterocycles. The number of halogens is 1. The average molecular weight is 402 g/mol. The highest BCUT2D eigenvalue weighted by Crippen LogP contribution is 2.34. The van der Waals surface area contributed by atoms with Gasteiger partial charge in [-0.2, -0.15) is 8.42 Å². The topological polar surface area (TPSA) is 72.9 Å². The second-order valence-electron chi connectivity index (χ2n) is 6.48. The van der Waals surface area contributed by atoms with E-state index in [1.54, 1.807) is 6.92 Å². The van der Waals surface area contributed by atoms with E-state index in [1.165, 1.54) is 16.7 Å². The fourth-order valence-electron chi connectivity index (χ4n) is 3.43. The van der Waals surface area contributed by atoms with Crippen LogP contribution >= 0.6 is 12.4 Å². The number of carbonyl (C=O) groups excluding carboxylic acids is 1. The predicted molar refractivity (Wildman–Crippen MR) is 102 cm³/mol. The number of benzene rings is 1. The Morgan fingerprint density at radius 3 is 2.69 bits per heavy atom. The highest BCUT2D eigenvalue weighted by molar-refractivity contribution is 7.86. The number of likely N-dealkylation sites (tertiary alicyclic amines) is 1. The summed E-state index contributed by atoms with van der Waals surface area (Å²) < 4.78 is 33.2. The van der Waals surface area contributed by atoms with Crippen LogP contribution in [0.4, 0.5) is 0 Å². The third-order valence-corrected chi connectivity index (χ3v) is 5.15. The molecule has 0 spiro atoms. The zero-order chi connectivity index (χ0) is 18.0. The third kappa shape index (κ3) is 4.85. The van der Waals surface area contributed by atoms with Crippen molar-refractivity contribution in [3.63, 3.8) is 0 Å². The van der Waals surface area contributed by atoms with Crippen LogP contribution in [-0.4, -0.2) is 57.9 Å². The summed E-state index contributed by atoms with van der Waals surface area (Å²) in [5.74, 6) is -0.997. The molecule has 1 aromatic rings. The molecule has 1 saturated heterocycles. The maximum atomic E-state index is 12.3. The maximum absolute atomic E-state index is 12.3. The first kappa shape index (κ1) is 20.9. The number of hydrogen-bond donors (Lipinski definition) is 0. The smallest absolute Gasteiger partial charge is 0.312 e. The molecule has 1 aliphatic heterocycles. The molecule has 6 nitrogen and oxygen atoms in total. The van der Waals surface area contributed by atoms with E-state index in [9.17, 15) is 13.2 Å². The Morgan fingerprint density at radius 1 is 1.31 bits per heavy atom. The summed E-state index contributed by atoms with van der Waals surface area (Å²) in [5, 5.41) is 0. The van der Waals surface area contributed by atoms with Crippen LogP contribution in [0.3, 0.4) is 0 Å². The van der Waals surface area contributed by atoms with Crippen LogP contribution in [0.2, 0.25) is 0 Å². The first-order chi connectivity index (χ1) is 11.9. The molecule has 3 rings (SSSR count). The molecule has 0 amide bonds. The monoisotopic (exact) mass is 401 g/mol. The molecule has 2 atom stereocenters. The minimum absolute atomic E-state index is 0. The predicted octanol–water partition coefficient (Wildman–Crippen LogP) is 2.19. The zero-order valence-corrected chi connectivity index (χ0v) is 16.5. The van der Waals surface area contributed by atoms with Gasteiger partial charge in [0.2, 0.25) is 0 Å². The minimum atomic E-state index is -3.62. The summed E-state index contributed by atoms with van der Waals surface area (Å²) >= 11 is 0. The Hall–Kier alpha value is -1.41. The lowest BCUT2D eigenvalue weighted by Crippen LogP contribution is -2.49. The van der Waals surface area contributed by atoms with Gasteiger partial charge in [-0.05, 0) is 36.1 Å². The average Bonchev–Trinajstić information content (AvgIpc) is 2.52. The summed E-state index contributed by atoms with van der Waals surface area (Å²) in [6, 6.07) is 8.19. The van der Waals surface area contributed by atoms with E-state index in [1.807, 2.05) is 12.1 Å². The highest BCUT2D eigenvalue weighted by atomic mass is 35.5. The van der Waals surface area contributed by atoms with Gasteiger partial charge in [0.25, 0.3) is 10.1 Å². The van der Waals surface area contributed by atoms with Gasteiger partial charge < -0.3 is 4.74 Å².